The summed E-state index contributed by atoms with van der Waals surface area (Å²) in [4.78, 5) is 16.7. The van der Waals surface area contributed by atoms with E-state index in [-0.39, 0.29) is 5.91 Å². The number of carbonyl (C=O) groups is 1. The summed E-state index contributed by atoms with van der Waals surface area (Å²) in [6.07, 6.45) is 5.11. The van der Waals surface area contributed by atoms with Crippen molar-refractivity contribution in [1.29, 1.82) is 0 Å². The molecule has 0 saturated carbocycles. The van der Waals surface area contributed by atoms with Crippen LogP contribution in [0.4, 0.5) is 0 Å². The fraction of sp³-hybridized carbons (Fsp3) is 0.423. The molecule has 4 heteroatoms. The van der Waals surface area contributed by atoms with Crippen molar-refractivity contribution in [3.05, 3.63) is 83.9 Å². The number of rotatable bonds is 8. The lowest BCUT2D eigenvalue weighted by atomic mass is 9.87. The first-order valence-electron chi connectivity index (χ1n) is 11.1. The first kappa shape index (κ1) is 22.3. The Morgan fingerprint density at radius 2 is 1.63 bits per heavy atom. The van der Waals surface area contributed by atoms with E-state index in [1.165, 1.54) is 0 Å². The average Bonchev–Trinajstić information content (AvgIpc) is 2.80. The van der Waals surface area contributed by atoms with Crippen molar-refractivity contribution in [3.8, 4) is 0 Å². The van der Waals surface area contributed by atoms with Crippen molar-refractivity contribution >= 4 is 5.91 Å². The van der Waals surface area contributed by atoms with Crippen LogP contribution in [0.15, 0.2) is 67.3 Å². The van der Waals surface area contributed by atoms with Crippen molar-refractivity contribution in [2.24, 2.45) is 5.92 Å². The van der Waals surface area contributed by atoms with Crippen LogP contribution in [-0.4, -0.2) is 47.0 Å². The summed E-state index contributed by atoms with van der Waals surface area (Å²) in [5.74, 6) is 0.660. The minimum atomic E-state index is -1.21. The molecule has 3 rings (SSSR count). The summed E-state index contributed by atoms with van der Waals surface area (Å²) >= 11 is 0. The maximum absolute atomic E-state index is 12.7. The van der Waals surface area contributed by atoms with Gasteiger partial charge in [0, 0.05) is 42.9 Å². The molecule has 160 valence electrons. The molecule has 1 heterocycles. The topological polar surface area (TPSA) is 43.8 Å². The van der Waals surface area contributed by atoms with Gasteiger partial charge in [-0.1, -0.05) is 48.5 Å². The number of likely N-dealkylation sites (tertiary alicyclic amines) is 1. The number of nitrogens with zero attached hydrogens (tertiary/aromatic N) is 2. The van der Waals surface area contributed by atoms with Gasteiger partial charge in [0.15, 0.2) is 5.72 Å². The Bertz CT molecular complexity index is 822. The van der Waals surface area contributed by atoms with Crippen molar-refractivity contribution in [2.45, 2.75) is 38.8 Å². The van der Waals surface area contributed by atoms with E-state index in [0.29, 0.717) is 24.6 Å². The normalized spacial score (nSPS) is 17.3. The fourth-order valence-electron chi connectivity index (χ4n) is 4.47. The minimum Gasteiger partial charge on any atom is -0.367 e. The van der Waals surface area contributed by atoms with Gasteiger partial charge in [-0.25, -0.2) is 0 Å². The fourth-order valence-corrected chi connectivity index (χ4v) is 4.47. The van der Waals surface area contributed by atoms with Crippen LogP contribution in [0.1, 0.15) is 54.6 Å². The molecule has 1 aliphatic rings. The molecular formula is C26H34N2O2. The smallest absolute Gasteiger partial charge is 0.253 e. The molecule has 2 aromatic carbocycles. The Morgan fingerprint density at radius 1 is 1.07 bits per heavy atom. The van der Waals surface area contributed by atoms with Crippen LogP contribution in [0.5, 0.6) is 0 Å². The molecule has 0 aliphatic carbocycles. The zero-order valence-electron chi connectivity index (χ0n) is 18.3. The van der Waals surface area contributed by atoms with Gasteiger partial charge in [-0.05, 0) is 51.2 Å². The van der Waals surface area contributed by atoms with Crippen LogP contribution < -0.4 is 0 Å². The number of aliphatic hydroxyl groups is 1. The third-order valence-corrected chi connectivity index (χ3v) is 6.33. The van der Waals surface area contributed by atoms with Gasteiger partial charge in [0.05, 0.1) is 0 Å². The average molecular weight is 407 g/mol. The number of carbonyl (C=O) groups excluding carboxylic acids is 1. The van der Waals surface area contributed by atoms with Crippen molar-refractivity contribution in [3.63, 3.8) is 0 Å². The van der Waals surface area contributed by atoms with Crippen LogP contribution in [0, 0.1) is 5.92 Å². The van der Waals surface area contributed by atoms with E-state index in [1.807, 2.05) is 79.4 Å². The molecule has 1 amide bonds. The predicted octanol–water partition coefficient (Wildman–Crippen LogP) is 4.65. The third-order valence-electron chi connectivity index (χ3n) is 6.33. The second kappa shape index (κ2) is 10.1. The van der Waals surface area contributed by atoms with Crippen LogP contribution in [0.2, 0.25) is 0 Å². The second-order valence-corrected chi connectivity index (χ2v) is 8.05. The summed E-state index contributed by atoms with van der Waals surface area (Å²) < 4.78 is 0. The summed E-state index contributed by atoms with van der Waals surface area (Å²) in [7, 11) is 0. The van der Waals surface area contributed by atoms with Gasteiger partial charge >= 0.3 is 0 Å². The van der Waals surface area contributed by atoms with Crippen molar-refractivity contribution in [1.82, 2.24) is 9.80 Å². The van der Waals surface area contributed by atoms with E-state index in [4.69, 9.17) is 0 Å². The van der Waals surface area contributed by atoms with Gasteiger partial charge in [-0.2, -0.15) is 0 Å². The highest BCUT2D eigenvalue weighted by atomic mass is 16.3. The lowest BCUT2D eigenvalue weighted by Crippen LogP contribution is -2.50. The van der Waals surface area contributed by atoms with Gasteiger partial charge in [-0.3, -0.25) is 9.69 Å². The monoisotopic (exact) mass is 406 g/mol. The number of benzene rings is 2. The van der Waals surface area contributed by atoms with Gasteiger partial charge < -0.3 is 10.0 Å². The lowest BCUT2D eigenvalue weighted by molar-refractivity contribution is -0.0950. The van der Waals surface area contributed by atoms with Gasteiger partial charge in [0.2, 0.25) is 0 Å². The highest BCUT2D eigenvalue weighted by molar-refractivity contribution is 5.94. The van der Waals surface area contributed by atoms with Gasteiger partial charge in [0.25, 0.3) is 5.91 Å². The van der Waals surface area contributed by atoms with E-state index < -0.39 is 5.72 Å². The van der Waals surface area contributed by atoms with Crippen LogP contribution in [0.3, 0.4) is 0 Å². The van der Waals surface area contributed by atoms with E-state index >= 15 is 0 Å². The third kappa shape index (κ3) is 4.50. The first-order valence-corrected chi connectivity index (χ1v) is 11.1. The summed E-state index contributed by atoms with van der Waals surface area (Å²) in [6.45, 7) is 10.9. The standard InChI is InChI=1S/C26H34N2O2/c1-4-10-21-17-19-28(20-18-21)26(30,23-11-8-7-9-12-23)24-15-13-22(14-16-24)25(29)27(5-2)6-3/h4,7-9,11-16,21,30H,1,5-6,10,17-20H2,2-3H3. The molecule has 2 aromatic rings. The molecule has 1 N–H and O–H groups in total. The largest absolute Gasteiger partial charge is 0.367 e. The number of hydrogen-bond donors (Lipinski definition) is 1. The van der Waals surface area contributed by atoms with E-state index in [0.717, 1.165) is 43.5 Å². The molecule has 1 fully saturated rings. The molecule has 0 bridgehead atoms. The molecule has 0 radical (unpaired) electrons. The molecular weight excluding hydrogens is 372 g/mol. The van der Waals surface area contributed by atoms with Crippen LogP contribution in [-0.2, 0) is 5.72 Å². The summed E-state index contributed by atoms with van der Waals surface area (Å²) in [5, 5.41) is 12.0. The van der Waals surface area contributed by atoms with Crippen LogP contribution in [0.25, 0.3) is 0 Å². The molecule has 1 atom stereocenters. The molecule has 4 nitrogen and oxygen atoms in total. The van der Waals surface area contributed by atoms with Crippen LogP contribution >= 0.6 is 0 Å². The number of amides is 1. The highest BCUT2D eigenvalue weighted by Gasteiger charge is 2.40. The summed E-state index contributed by atoms with van der Waals surface area (Å²) in [6, 6.07) is 17.3. The van der Waals surface area contributed by atoms with Crippen molar-refractivity contribution in [2.75, 3.05) is 26.2 Å². The Morgan fingerprint density at radius 3 is 2.17 bits per heavy atom. The zero-order chi connectivity index (χ0) is 21.6. The Labute approximate surface area is 180 Å². The number of allylic oxidation sites excluding steroid dienone is 1. The Balaban J connectivity index is 1.92. The quantitative estimate of drug-likeness (QED) is 0.649. The van der Waals surface area contributed by atoms with E-state index in [1.54, 1.807) is 0 Å². The number of piperidine rings is 1. The SMILES string of the molecule is C=CCC1CCN(C(O)(c2ccccc2)c2ccc(C(=O)N(CC)CC)cc2)CC1. The molecule has 30 heavy (non-hydrogen) atoms. The van der Waals surface area contributed by atoms with Gasteiger partial charge in [-0.15, -0.1) is 6.58 Å². The predicted molar refractivity (Wildman–Crippen MR) is 122 cm³/mol. The lowest BCUT2D eigenvalue weighted by Gasteiger charge is -2.44. The van der Waals surface area contributed by atoms with Gasteiger partial charge in [0.1, 0.15) is 0 Å². The highest BCUT2D eigenvalue weighted by Crippen LogP contribution is 2.37. The number of hydrogen-bond acceptors (Lipinski definition) is 3. The maximum Gasteiger partial charge on any atom is 0.253 e. The molecule has 1 aliphatic heterocycles. The Hall–Kier alpha value is -2.43. The van der Waals surface area contributed by atoms with E-state index in [9.17, 15) is 9.90 Å². The minimum absolute atomic E-state index is 0.0278. The first-order chi connectivity index (χ1) is 14.5. The van der Waals surface area contributed by atoms with E-state index in [2.05, 4.69) is 11.5 Å². The Kier molecular flexibility index (Phi) is 7.46. The molecule has 1 unspecified atom stereocenters. The zero-order valence-corrected chi connectivity index (χ0v) is 18.3. The molecule has 0 aromatic heterocycles. The molecule has 1 saturated heterocycles. The second-order valence-electron chi connectivity index (χ2n) is 8.05. The summed E-state index contributed by atoms with van der Waals surface area (Å²) in [5.41, 5.74) is 1.10. The van der Waals surface area contributed by atoms with Crippen molar-refractivity contribution < 1.29 is 9.90 Å². The molecule has 0 spiro atoms. The maximum atomic E-state index is 12.7.